The lowest BCUT2D eigenvalue weighted by atomic mass is 9.74. The second-order valence-electron chi connectivity index (χ2n) is 14.3. The quantitative estimate of drug-likeness (QED) is 0.177. The first kappa shape index (κ1) is 31.2. The van der Waals surface area contributed by atoms with E-state index in [1.54, 1.807) is 0 Å². The number of allylic oxidation sites excluding steroid dienone is 5. The Kier molecular flexibility index (Phi) is 7.58. The van der Waals surface area contributed by atoms with E-state index in [1.807, 2.05) is 0 Å². The van der Waals surface area contributed by atoms with E-state index >= 15 is 4.79 Å². The van der Waals surface area contributed by atoms with Crippen LogP contribution >= 0.6 is 0 Å². The molecule has 2 aliphatic rings. The average molecular weight is 677 g/mol. The van der Waals surface area contributed by atoms with Crippen molar-refractivity contribution in [1.82, 2.24) is 0 Å². The summed E-state index contributed by atoms with van der Waals surface area (Å²) < 4.78 is 0. The predicted octanol–water partition coefficient (Wildman–Crippen LogP) is 13.5. The maximum absolute atomic E-state index is 15.3. The van der Waals surface area contributed by atoms with Gasteiger partial charge in [0.1, 0.15) is 0 Å². The Labute approximate surface area is 309 Å². The highest BCUT2D eigenvalue weighted by Crippen LogP contribution is 2.47. The molecule has 0 spiro atoms. The molecule has 0 saturated carbocycles. The topological polar surface area (TPSA) is 17.1 Å². The third-order valence-electron chi connectivity index (χ3n) is 11.3. The number of hydrogen-bond donors (Lipinski definition) is 0. The van der Waals surface area contributed by atoms with Crippen LogP contribution in [0.2, 0.25) is 0 Å². The maximum Gasteiger partial charge on any atom is 0.175 e. The summed E-state index contributed by atoms with van der Waals surface area (Å²) in [5.41, 5.74) is 9.63. The second kappa shape index (κ2) is 12.9. The van der Waals surface area contributed by atoms with Crippen LogP contribution in [0.4, 0.5) is 0 Å². The highest BCUT2D eigenvalue weighted by Gasteiger charge is 2.32. The van der Waals surface area contributed by atoms with Crippen LogP contribution in [0.3, 0.4) is 0 Å². The van der Waals surface area contributed by atoms with E-state index in [-0.39, 0.29) is 17.6 Å². The zero-order chi connectivity index (χ0) is 35.3. The fourth-order valence-electron chi connectivity index (χ4n) is 8.72. The van der Waals surface area contributed by atoms with Crippen LogP contribution in [-0.4, -0.2) is 5.78 Å². The van der Waals surface area contributed by atoms with Crippen molar-refractivity contribution in [2.75, 3.05) is 0 Å². The van der Waals surface area contributed by atoms with E-state index in [1.165, 1.54) is 27.3 Å². The molecule has 0 aromatic heterocycles. The van der Waals surface area contributed by atoms with Gasteiger partial charge in [0.25, 0.3) is 0 Å². The Morgan fingerprint density at radius 2 is 0.868 bits per heavy atom. The molecule has 2 aliphatic carbocycles. The number of carbonyl (C=O) groups excluding carboxylic acids is 1. The van der Waals surface area contributed by atoms with Crippen LogP contribution in [0.25, 0.3) is 60.6 Å². The summed E-state index contributed by atoms with van der Waals surface area (Å²) in [6, 6.07) is 58.3. The Bertz CT molecular complexity index is 2800. The fourth-order valence-corrected chi connectivity index (χ4v) is 8.72. The number of ketones is 1. The molecule has 1 nitrogen and oxygen atoms in total. The Morgan fingerprint density at radius 3 is 1.49 bits per heavy atom. The normalized spacial score (nSPS) is 17.8. The van der Waals surface area contributed by atoms with Crippen molar-refractivity contribution in [2.24, 2.45) is 0 Å². The van der Waals surface area contributed by atoms with Crippen LogP contribution in [-0.2, 0) is 0 Å². The molecule has 0 aliphatic heterocycles. The number of benzene rings is 8. The lowest BCUT2D eigenvalue weighted by Crippen LogP contribution is -2.18. The van der Waals surface area contributed by atoms with E-state index in [2.05, 4.69) is 200 Å². The van der Waals surface area contributed by atoms with Crippen LogP contribution in [0.15, 0.2) is 194 Å². The van der Waals surface area contributed by atoms with E-state index in [4.69, 9.17) is 0 Å². The molecule has 0 fully saturated rings. The molecule has 53 heavy (non-hydrogen) atoms. The maximum atomic E-state index is 15.3. The monoisotopic (exact) mass is 676 g/mol. The first-order valence-corrected chi connectivity index (χ1v) is 18.5. The highest BCUT2D eigenvalue weighted by atomic mass is 16.1. The molecule has 10 rings (SSSR count). The van der Waals surface area contributed by atoms with Crippen molar-refractivity contribution >= 4 is 44.2 Å². The average Bonchev–Trinajstić information content (AvgIpc) is 3.23. The largest absolute Gasteiger partial charge is 0.293 e. The fraction of sp³-hybridized carbons (Fsp3) is 0.0577. The summed E-state index contributed by atoms with van der Waals surface area (Å²) in [4.78, 5) is 15.3. The van der Waals surface area contributed by atoms with Crippen molar-refractivity contribution < 1.29 is 4.79 Å². The van der Waals surface area contributed by atoms with E-state index in [0.717, 1.165) is 55.1 Å². The number of fused-ring (bicyclic) bond motifs is 4. The molecule has 0 bridgehead atoms. The van der Waals surface area contributed by atoms with Crippen molar-refractivity contribution in [3.63, 3.8) is 0 Å². The first-order valence-electron chi connectivity index (χ1n) is 18.5. The number of hydrogen-bond acceptors (Lipinski definition) is 1. The minimum Gasteiger partial charge on any atom is -0.293 e. The van der Waals surface area contributed by atoms with Gasteiger partial charge >= 0.3 is 0 Å². The molecule has 0 heterocycles. The number of rotatable bonds is 5. The molecule has 1 heteroatoms. The summed E-state index contributed by atoms with van der Waals surface area (Å²) in [6.45, 7) is 0. The third kappa shape index (κ3) is 5.36. The smallest absolute Gasteiger partial charge is 0.175 e. The molecule has 0 N–H and O–H groups in total. The van der Waals surface area contributed by atoms with Gasteiger partial charge in [-0.25, -0.2) is 0 Å². The van der Waals surface area contributed by atoms with Crippen molar-refractivity contribution in [3.05, 3.63) is 222 Å². The van der Waals surface area contributed by atoms with Crippen LogP contribution in [0.1, 0.15) is 50.4 Å². The molecule has 8 aromatic carbocycles. The molecule has 250 valence electrons. The molecular weight excluding hydrogens is 641 g/mol. The summed E-state index contributed by atoms with van der Waals surface area (Å²) in [5.74, 6) is 0.230. The SMILES string of the molecule is O=C1c2c(c(-c3ccc4ccccc4c3)c3ccccc3c2-c2ccc3ccccc3c2)C=CC1c1ccc(C2C=CC=CC2c2ccccc2)cc1. The minimum absolute atomic E-state index is 0.133. The van der Waals surface area contributed by atoms with Gasteiger partial charge in [-0.15, -0.1) is 0 Å². The van der Waals surface area contributed by atoms with Gasteiger partial charge in [-0.05, 0) is 83.4 Å². The van der Waals surface area contributed by atoms with Crippen LogP contribution < -0.4 is 0 Å². The third-order valence-corrected chi connectivity index (χ3v) is 11.3. The Morgan fingerprint density at radius 1 is 0.377 bits per heavy atom. The van der Waals surface area contributed by atoms with Gasteiger partial charge in [-0.2, -0.15) is 0 Å². The highest BCUT2D eigenvalue weighted by molar-refractivity contribution is 6.22. The first-order chi connectivity index (χ1) is 26.2. The summed E-state index contributed by atoms with van der Waals surface area (Å²) >= 11 is 0. The standard InChI is InChI=1S/C52H36O/c53-52-45(38-26-24-37(25-27-38)44-19-9-8-18-43(44)36-14-2-1-3-15-36)30-31-48-49(41-28-22-34-12-4-6-16-39(34)32-41)46-20-10-11-21-47(46)50(51(48)52)42-29-23-35-13-5-7-17-40(35)33-42/h1-33,43-45H. The van der Waals surface area contributed by atoms with Gasteiger partial charge < -0.3 is 0 Å². The molecular formula is C52H36O. The van der Waals surface area contributed by atoms with Crippen LogP contribution in [0.5, 0.6) is 0 Å². The number of Topliss-reactive ketones (excluding diaryl/α,β-unsaturated/α-hetero) is 1. The number of carbonyl (C=O) groups is 1. The predicted molar refractivity (Wildman–Crippen MR) is 223 cm³/mol. The van der Waals surface area contributed by atoms with Crippen LogP contribution in [0, 0.1) is 0 Å². The van der Waals surface area contributed by atoms with Gasteiger partial charge in [-0.3, -0.25) is 4.79 Å². The van der Waals surface area contributed by atoms with E-state index < -0.39 is 5.92 Å². The molecule has 8 aromatic rings. The van der Waals surface area contributed by atoms with Gasteiger partial charge in [-0.1, -0.05) is 188 Å². The van der Waals surface area contributed by atoms with E-state index in [9.17, 15) is 0 Å². The summed E-state index contributed by atoms with van der Waals surface area (Å²) in [7, 11) is 0. The lowest BCUT2D eigenvalue weighted by Gasteiger charge is -2.27. The van der Waals surface area contributed by atoms with Gasteiger partial charge in [0.2, 0.25) is 0 Å². The molecule has 0 saturated heterocycles. The summed E-state index contributed by atoms with van der Waals surface area (Å²) in [5, 5.41) is 6.96. The minimum atomic E-state index is -0.395. The van der Waals surface area contributed by atoms with Crippen molar-refractivity contribution in [1.29, 1.82) is 0 Å². The summed E-state index contributed by atoms with van der Waals surface area (Å²) in [6.07, 6.45) is 13.2. The second-order valence-corrected chi connectivity index (χ2v) is 14.3. The van der Waals surface area contributed by atoms with Crippen molar-refractivity contribution in [2.45, 2.75) is 17.8 Å². The Hall–Kier alpha value is -6.57. The van der Waals surface area contributed by atoms with Gasteiger partial charge in [0.15, 0.2) is 5.78 Å². The lowest BCUT2D eigenvalue weighted by molar-refractivity contribution is 0.0975. The van der Waals surface area contributed by atoms with Gasteiger partial charge in [0, 0.05) is 23.0 Å². The molecule has 3 atom stereocenters. The van der Waals surface area contributed by atoms with Gasteiger partial charge in [0.05, 0.1) is 5.92 Å². The van der Waals surface area contributed by atoms with E-state index in [0.29, 0.717) is 0 Å². The molecule has 0 amide bonds. The molecule has 3 unspecified atom stereocenters. The Balaban J connectivity index is 1.14. The van der Waals surface area contributed by atoms with Crippen molar-refractivity contribution in [3.8, 4) is 22.3 Å². The zero-order valence-corrected chi connectivity index (χ0v) is 29.2. The molecule has 0 radical (unpaired) electrons. The zero-order valence-electron chi connectivity index (χ0n) is 29.2.